The predicted molar refractivity (Wildman–Crippen MR) is 153 cm³/mol. The third-order valence-corrected chi connectivity index (χ3v) is 9.11. The zero-order valence-corrected chi connectivity index (χ0v) is 25.3. The van der Waals surface area contributed by atoms with Crippen molar-refractivity contribution in [3.8, 4) is 0 Å². The minimum atomic E-state index is -1.52. The lowest BCUT2D eigenvalue weighted by Gasteiger charge is -2.41. The Labute approximate surface area is 248 Å². The van der Waals surface area contributed by atoms with Crippen LogP contribution in [0, 0.1) is 5.92 Å². The summed E-state index contributed by atoms with van der Waals surface area (Å²) in [5.41, 5.74) is 4.54. The van der Waals surface area contributed by atoms with Crippen molar-refractivity contribution in [1.82, 2.24) is 25.2 Å². The average molecular weight is 599 g/mol. The van der Waals surface area contributed by atoms with Crippen molar-refractivity contribution < 1.29 is 29.3 Å². The van der Waals surface area contributed by atoms with Crippen LogP contribution in [0.1, 0.15) is 103 Å². The number of ether oxygens (including phenoxy) is 1. The minimum Gasteiger partial charge on any atom is -0.467 e. The molecule has 1 aromatic heterocycles. The van der Waals surface area contributed by atoms with Crippen LogP contribution in [0.15, 0.2) is 6.20 Å². The highest BCUT2D eigenvalue weighted by Crippen LogP contribution is 2.36. The Balaban J connectivity index is 0.00000462. The topological polar surface area (TPSA) is 173 Å². The molecule has 5 N–H and O–H groups in total. The monoisotopic (exact) mass is 598 g/mol. The van der Waals surface area contributed by atoms with Gasteiger partial charge in [-0.15, -0.1) is 17.5 Å². The molecule has 232 valence electrons. The van der Waals surface area contributed by atoms with Gasteiger partial charge < -0.3 is 30.9 Å². The van der Waals surface area contributed by atoms with E-state index in [1.54, 1.807) is 18.5 Å². The molecule has 0 radical (unpaired) electrons. The summed E-state index contributed by atoms with van der Waals surface area (Å²) in [4.78, 5) is 41.6. The van der Waals surface area contributed by atoms with Gasteiger partial charge in [-0.1, -0.05) is 56.6 Å². The molecule has 1 aromatic rings. The van der Waals surface area contributed by atoms with Gasteiger partial charge in [0.25, 0.3) is 0 Å². The van der Waals surface area contributed by atoms with E-state index in [1.165, 1.54) is 24.6 Å². The number of methoxy groups -OCH3 is 1. The number of nitrogens with two attached hydrogens (primary N) is 1. The van der Waals surface area contributed by atoms with Gasteiger partial charge in [-0.2, -0.15) is 0 Å². The summed E-state index contributed by atoms with van der Waals surface area (Å²) in [5, 5.41) is 32.7. The van der Waals surface area contributed by atoms with Gasteiger partial charge in [0.1, 0.15) is 11.6 Å². The van der Waals surface area contributed by atoms with E-state index >= 15 is 0 Å². The van der Waals surface area contributed by atoms with Crippen LogP contribution in [-0.2, 0) is 24.7 Å². The molecule has 1 saturated heterocycles. The van der Waals surface area contributed by atoms with Crippen molar-refractivity contribution in [2.75, 3.05) is 13.7 Å². The average Bonchev–Trinajstić information content (AvgIpc) is 3.61. The van der Waals surface area contributed by atoms with Gasteiger partial charge in [0.15, 0.2) is 6.10 Å². The third-order valence-electron chi connectivity index (χ3n) is 9.11. The van der Waals surface area contributed by atoms with Crippen LogP contribution in [0.3, 0.4) is 0 Å². The summed E-state index contributed by atoms with van der Waals surface area (Å²) in [6.07, 6.45) is 9.60. The van der Waals surface area contributed by atoms with E-state index in [4.69, 9.17) is 10.5 Å². The second-order valence-corrected chi connectivity index (χ2v) is 12.5. The highest BCUT2D eigenvalue weighted by molar-refractivity contribution is 5.91. The number of aromatic nitrogens is 3. The van der Waals surface area contributed by atoms with Gasteiger partial charge in [-0.3, -0.25) is 9.59 Å². The molecule has 41 heavy (non-hydrogen) atoms. The number of nitrogens with zero attached hydrogens (tertiary/aromatic N) is 4. The summed E-state index contributed by atoms with van der Waals surface area (Å²) in [6.45, 7) is 3.44. The summed E-state index contributed by atoms with van der Waals surface area (Å²) in [6, 6.07) is -2.05. The summed E-state index contributed by atoms with van der Waals surface area (Å²) in [7, 11) is 1.21. The molecular weight excluding hydrogens is 552 g/mol. The molecule has 2 amide bonds. The molecule has 0 aromatic carbocycles. The number of aliphatic hydroxyl groups is 2. The van der Waals surface area contributed by atoms with Gasteiger partial charge in [0, 0.05) is 13.0 Å². The summed E-state index contributed by atoms with van der Waals surface area (Å²) in [5.74, 6) is -1.16. The quantitative estimate of drug-likeness (QED) is 0.309. The van der Waals surface area contributed by atoms with Crippen LogP contribution in [0.25, 0.3) is 0 Å². The molecule has 1 aliphatic heterocycles. The first kappa shape index (κ1) is 33.2. The van der Waals surface area contributed by atoms with E-state index in [0.29, 0.717) is 30.9 Å². The number of hydrogen-bond donors (Lipinski definition) is 4. The molecule has 2 aliphatic carbocycles. The molecule has 3 aliphatic rings. The van der Waals surface area contributed by atoms with Crippen molar-refractivity contribution >= 4 is 30.2 Å². The van der Waals surface area contributed by atoms with Gasteiger partial charge in [0.2, 0.25) is 11.8 Å². The van der Waals surface area contributed by atoms with Crippen molar-refractivity contribution in [1.29, 1.82) is 0 Å². The zero-order chi connectivity index (χ0) is 29.1. The van der Waals surface area contributed by atoms with Gasteiger partial charge in [-0.05, 0) is 39.0 Å². The van der Waals surface area contributed by atoms with E-state index in [-0.39, 0.29) is 31.3 Å². The van der Waals surface area contributed by atoms with Crippen molar-refractivity contribution in [2.24, 2.45) is 11.7 Å². The molecule has 1 unspecified atom stereocenters. The van der Waals surface area contributed by atoms with Crippen molar-refractivity contribution in [3.05, 3.63) is 11.9 Å². The summed E-state index contributed by atoms with van der Waals surface area (Å²) >= 11 is 0. The highest BCUT2D eigenvalue weighted by Gasteiger charge is 2.49. The van der Waals surface area contributed by atoms with Crippen LogP contribution in [0.4, 0.5) is 0 Å². The number of hydrogen-bond acceptors (Lipinski definition) is 9. The van der Waals surface area contributed by atoms with E-state index < -0.39 is 47.2 Å². The van der Waals surface area contributed by atoms with Gasteiger partial charge in [0.05, 0.1) is 36.6 Å². The molecule has 2 heterocycles. The fourth-order valence-electron chi connectivity index (χ4n) is 6.85. The standard InChI is InChI=1S/C28H46N6O6.ClH/c1-27(2,39)22-16-30-32-34(22)19-15-21(33(17-19)25(37)20(29)14-18-10-6-4-7-11-18)24(36)31-28(12-8-5-9-13-28)23(35)26(38)40-3;/h16,18-21,23,35,39H,4-15,17,29H2,1-3H3,(H,31,36);1H/t19-,20+,21-,23?;/m0./s1. The molecule has 3 fully saturated rings. The van der Waals surface area contributed by atoms with Gasteiger partial charge in [-0.25, -0.2) is 9.48 Å². The maximum absolute atomic E-state index is 14.0. The minimum absolute atomic E-state index is 0. The van der Waals surface area contributed by atoms with Crippen LogP contribution < -0.4 is 11.1 Å². The summed E-state index contributed by atoms with van der Waals surface area (Å²) < 4.78 is 6.39. The Morgan fingerprint density at radius 1 is 1.17 bits per heavy atom. The van der Waals surface area contributed by atoms with Crippen molar-refractivity contribution in [2.45, 2.75) is 126 Å². The fraction of sp³-hybridized carbons (Fsp3) is 0.821. The second kappa shape index (κ2) is 13.8. The maximum Gasteiger partial charge on any atom is 0.337 e. The molecule has 13 heteroatoms. The number of rotatable bonds is 9. The second-order valence-electron chi connectivity index (χ2n) is 12.5. The zero-order valence-electron chi connectivity index (χ0n) is 24.5. The van der Waals surface area contributed by atoms with Gasteiger partial charge >= 0.3 is 5.97 Å². The van der Waals surface area contributed by atoms with Crippen LogP contribution >= 0.6 is 12.4 Å². The van der Waals surface area contributed by atoms with Crippen LogP contribution in [0.2, 0.25) is 0 Å². The van der Waals surface area contributed by atoms with E-state index in [1.807, 2.05) is 0 Å². The number of esters is 1. The lowest BCUT2D eigenvalue weighted by atomic mass is 9.77. The number of nitrogens with one attached hydrogen (secondary N) is 1. The Hall–Kier alpha value is -2.28. The number of carbonyl (C=O) groups excluding carboxylic acids is 3. The Morgan fingerprint density at radius 2 is 1.80 bits per heavy atom. The molecule has 4 rings (SSSR count). The Bertz CT molecular complexity index is 1050. The molecule has 2 saturated carbocycles. The fourth-order valence-corrected chi connectivity index (χ4v) is 6.85. The third kappa shape index (κ3) is 7.39. The van der Waals surface area contributed by atoms with Crippen LogP contribution in [0.5, 0.6) is 0 Å². The normalized spacial score (nSPS) is 24.7. The van der Waals surface area contributed by atoms with E-state index in [9.17, 15) is 24.6 Å². The number of likely N-dealkylation sites (tertiary alicyclic amines) is 1. The Morgan fingerprint density at radius 3 is 2.41 bits per heavy atom. The molecule has 0 spiro atoms. The lowest BCUT2D eigenvalue weighted by Crippen LogP contribution is -2.63. The SMILES string of the molecule is COC(=O)C(O)C1(NC(=O)[C@@H]2C[C@H](n3nncc3C(C)(C)O)CN2C(=O)[C@H](N)CC2CCCCC2)CCCCC1.Cl. The first-order chi connectivity index (χ1) is 19.0. The molecule has 4 atom stereocenters. The first-order valence-electron chi connectivity index (χ1n) is 14.7. The molecular formula is C28H47ClN6O6. The lowest BCUT2D eigenvalue weighted by molar-refractivity contribution is -0.158. The van der Waals surface area contributed by atoms with Crippen molar-refractivity contribution in [3.63, 3.8) is 0 Å². The van der Waals surface area contributed by atoms with Crippen LogP contribution in [-0.4, -0.2) is 85.3 Å². The first-order valence-corrected chi connectivity index (χ1v) is 14.7. The number of aliphatic hydroxyl groups excluding tert-OH is 1. The van der Waals surface area contributed by atoms with E-state index in [0.717, 1.165) is 44.9 Å². The van der Waals surface area contributed by atoms with E-state index in [2.05, 4.69) is 15.6 Å². The maximum atomic E-state index is 14.0. The number of halogens is 1. The smallest absolute Gasteiger partial charge is 0.337 e. The predicted octanol–water partition coefficient (Wildman–Crippen LogP) is 1.72. The largest absolute Gasteiger partial charge is 0.467 e. The molecule has 12 nitrogen and oxygen atoms in total. The highest BCUT2D eigenvalue weighted by atomic mass is 35.5. The number of carbonyl (C=O) groups is 3. The number of amides is 2. The molecule has 0 bridgehead atoms. The Kier molecular flexibility index (Phi) is 11.2.